The molecule has 2 heterocycles. The van der Waals surface area contributed by atoms with E-state index in [0.717, 1.165) is 24.2 Å². The molecular weight excluding hydrogens is 254 g/mol. The van der Waals surface area contributed by atoms with E-state index in [2.05, 4.69) is 34.7 Å². The number of pyridine rings is 1. The van der Waals surface area contributed by atoms with Gasteiger partial charge in [0.05, 0.1) is 30.6 Å². The van der Waals surface area contributed by atoms with Gasteiger partial charge in [0.25, 0.3) is 0 Å². The molecule has 0 aliphatic rings. The van der Waals surface area contributed by atoms with E-state index in [-0.39, 0.29) is 5.97 Å². The Labute approximate surface area is 118 Å². The fourth-order valence-corrected chi connectivity index (χ4v) is 2.02. The number of carbonyl (C=O) groups excluding carboxylic acids is 1. The second kappa shape index (κ2) is 6.32. The molecule has 0 fully saturated rings. The first kappa shape index (κ1) is 14.2. The predicted octanol–water partition coefficient (Wildman–Crippen LogP) is 2.24. The molecule has 2 aromatic heterocycles. The van der Waals surface area contributed by atoms with Crippen LogP contribution in [0.5, 0.6) is 0 Å². The summed E-state index contributed by atoms with van der Waals surface area (Å²) in [5.41, 5.74) is 3.62. The summed E-state index contributed by atoms with van der Waals surface area (Å²) in [6.07, 6.45) is 3.40. The SMILES string of the molecule is CCc1cc(CC)n(Cc2ccc(C(=O)OC)cn2)n1. The number of ether oxygens (including phenoxy) is 1. The number of hydrogen-bond acceptors (Lipinski definition) is 4. The molecule has 0 amide bonds. The van der Waals surface area contributed by atoms with Gasteiger partial charge in [0.15, 0.2) is 0 Å². The smallest absolute Gasteiger partial charge is 0.339 e. The van der Waals surface area contributed by atoms with Crippen molar-refractivity contribution >= 4 is 5.97 Å². The van der Waals surface area contributed by atoms with Crippen molar-refractivity contribution in [3.05, 3.63) is 47.0 Å². The lowest BCUT2D eigenvalue weighted by atomic mass is 10.2. The van der Waals surface area contributed by atoms with Gasteiger partial charge in [-0.3, -0.25) is 9.67 Å². The summed E-state index contributed by atoms with van der Waals surface area (Å²) in [5.74, 6) is -0.370. The molecule has 0 radical (unpaired) electrons. The number of esters is 1. The molecule has 0 spiro atoms. The summed E-state index contributed by atoms with van der Waals surface area (Å²) in [5, 5.41) is 4.55. The standard InChI is InChI=1S/C15H19N3O2/c1-4-12-8-14(5-2)18(17-12)10-13-7-6-11(9-16-13)15(19)20-3/h6-9H,4-5,10H2,1-3H3. The van der Waals surface area contributed by atoms with Crippen molar-refractivity contribution in [1.29, 1.82) is 0 Å². The van der Waals surface area contributed by atoms with Crippen LogP contribution in [0.25, 0.3) is 0 Å². The Morgan fingerprint density at radius 3 is 2.60 bits per heavy atom. The highest BCUT2D eigenvalue weighted by molar-refractivity contribution is 5.88. The third kappa shape index (κ3) is 3.04. The average molecular weight is 273 g/mol. The lowest BCUT2D eigenvalue weighted by Crippen LogP contribution is -2.08. The van der Waals surface area contributed by atoms with Crippen LogP contribution in [0.3, 0.4) is 0 Å². The van der Waals surface area contributed by atoms with Crippen LogP contribution in [-0.2, 0) is 24.1 Å². The number of rotatable bonds is 5. The molecule has 0 atom stereocenters. The minimum atomic E-state index is -0.370. The highest BCUT2D eigenvalue weighted by atomic mass is 16.5. The van der Waals surface area contributed by atoms with E-state index in [4.69, 9.17) is 0 Å². The zero-order chi connectivity index (χ0) is 14.5. The van der Waals surface area contributed by atoms with E-state index >= 15 is 0 Å². The highest BCUT2D eigenvalue weighted by Crippen LogP contribution is 2.09. The number of aromatic nitrogens is 3. The molecule has 0 aliphatic carbocycles. The number of aryl methyl sites for hydroxylation is 2. The fraction of sp³-hybridized carbons (Fsp3) is 0.400. The van der Waals surface area contributed by atoms with Crippen LogP contribution in [0.1, 0.15) is 41.3 Å². The molecule has 2 aromatic rings. The maximum Gasteiger partial charge on any atom is 0.339 e. The van der Waals surface area contributed by atoms with Crippen LogP contribution in [-0.4, -0.2) is 27.8 Å². The second-order valence-corrected chi connectivity index (χ2v) is 4.52. The molecule has 106 valence electrons. The zero-order valence-electron chi connectivity index (χ0n) is 12.1. The van der Waals surface area contributed by atoms with Gasteiger partial charge in [0, 0.05) is 11.9 Å². The van der Waals surface area contributed by atoms with E-state index in [9.17, 15) is 4.79 Å². The molecule has 5 heteroatoms. The molecular formula is C15H19N3O2. The Balaban J connectivity index is 2.17. The van der Waals surface area contributed by atoms with Crippen LogP contribution in [0, 0.1) is 0 Å². The van der Waals surface area contributed by atoms with E-state index in [1.807, 2.05) is 10.7 Å². The van der Waals surface area contributed by atoms with Gasteiger partial charge < -0.3 is 4.74 Å². The van der Waals surface area contributed by atoms with Gasteiger partial charge in [-0.15, -0.1) is 0 Å². The Bertz CT molecular complexity index is 588. The van der Waals surface area contributed by atoms with E-state index in [1.165, 1.54) is 19.0 Å². The molecule has 0 aromatic carbocycles. The minimum Gasteiger partial charge on any atom is -0.465 e. The van der Waals surface area contributed by atoms with Crippen LogP contribution in [0.15, 0.2) is 24.4 Å². The number of methoxy groups -OCH3 is 1. The summed E-state index contributed by atoms with van der Waals surface area (Å²) < 4.78 is 6.62. The molecule has 20 heavy (non-hydrogen) atoms. The minimum absolute atomic E-state index is 0.370. The maximum atomic E-state index is 11.3. The van der Waals surface area contributed by atoms with Crippen LogP contribution in [0.2, 0.25) is 0 Å². The molecule has 2 rings (SSSR count). The molecule has 0 saturated heterocycles. The Morgan fingerprint density at radius 2 is 2.05 bits per heavy atom. The molecule has 0 N–H and O–H groups in total. The molecule has 0 bridgehead atoms. The van der Waals surface area contributed by atoms with Gasteiger partial charge in [-0.2, -0.15) is 5.10 Å². The molecule has 5 nitrogen and oxygen atoms in total. The monoisotopic (exact) mass is 273 g/mol. The van der Waals surface area contributed by atoms with Gasteiger partial charge >= 0.3 is 5.97 Å². The Kier molecular flexibility index (Phi) is 4.50. The van der Waals surface area contributed by atoms with E-state index < -0.39 is 0 Å². The first-order valence-corrected chi connectivity index (χ1v) is 6.76. The van der Waals surface area contributed by atoms with Crippen molar-refractivity contribution in [3.8, 4) is 0 Å². The fourth-order valence-electron chi connectivity index (χ4n) is 2.02. The van der Waals surface area contributed by atoms with Gasteiger partial charge in [-0.05, 0) is 31.0 Å². The lowest BCUT2D eigenvalue weighted by molar-refractivity contribution is 0.0600. The van der Waals surface area contributed by atoms with Crippen molar-refractivity contribution in [2.45, 2.75) is 33.2 Å². The normalized spacial score (nSPS) is 10.6. The zero-order valence-corrected chi connectivity index (χ0v) is 12.1. The third-order valence-electron chi connectivity index (χ3n) is 3.20. The van der Waals surface area contributed by atoms with Gasteiger partial charge in [-0.25, -0.2) is 4.79 Å². The number of hydrogen-bond donors (Lipinski definition) is 0. The molecule has 0 aliphatic heterocycles. The molecule has 0 saturated carbocycles. The number of nitrogens with zero attached hydrogens (tertiary/aromatic N) is 3. The summed E-state index contributed by atoms with van der Waals surface area (Å²) in [7, 11) is 1.36. The van der Waals surface area contributed by atoms with Crippen molar-refractivity contribution in [2.75, 3.05) is 7.11 Å². The van der Waals surface area contributed by atoms with Crippen LogP contribution in [0.4, 0.5) is 0 Å². The summed E-state index contributed by atoms with van der Waals surface area (Å²) in [6, 6.07) is 5.69. The lowest BCUT2D eigenvalue weighted by Gasteiger charge is -2.06. The first-order chi connectivity index (χ1) is 9.67. The van der Waals surface area contributed by atoms with Crippen molar-refractivity contribution in [1.82, 2.24) is 14.8 Å². The largest absolute Gasteiger partial charge is 0.465 e. The summed E-state index contributed by atoms with van der Waals surface area (Å²) in [6.45, 7) is 4.82. The van der Waals surface area contributed by atoms with E-state index in [1.54, 1.807) is 6.07 Å². The summed E-state index contributed by atoms with van der Waals surface area (Å²) in [4.78, 5) is 15.6. The Hall–Kier alpha value is -2.17. The first-order valence-electron chi connectivity index (χ1n) is 6.76. The quantitative estimate of drug-likeness (QED) is 0.784. The molecule has 0 unspecified atom stereocenters. The van der Waals surface area contributed by atoms with Gasteiger partial charge in [0.1, 0.15) is 0 Å². The highest BCUT2D eigenvalue weighted by Gasteiger charge is 2.08. The van der Waals surface area contributed by atoms with Gasteiger partial charge in [-0.1, -0.05) is 13.8 Å². The van der Waals surface area contributed by atoms with Crippen LogP contribution >= 0.6 is 0 Å². The second-order valence-electron chi connectivity index (χ2n) is 4.52. The van der Waals surface area contributed by atoms with Gasteiger partial charge in [0.2, 0.25) is 0 Å². The van der Waals surface area contributed by atoms with Crippen LogP contribution < -0.4 is 0 Å². The van der Waals surface area contributed by atoms with Crippen molar-refractivity contribution < 1.29 is 9.53 Å². The van der Waals surface area contributed by atoms with Crippen molar-refractivity contribution in [3.63, 3.8) is 0 Å². The number of carbonyl (C=O) groups is 1. The maximum absolute atomic E-state index is 11.3. The topological polar surface area (TPSA) is 57.0 Å². The third-order valence-corrected chi connectivity index (χ3v) is 3.20. The average Bonchev–Trinajstić information content (AvgIpc) is 2.89. The Morgan fingerprint density at radius 1 is 1.25 bits per heavy atom. The summed E-state index contributed by atoms with van der Waals surface area (Å²) >= 11 is 0. The van der Waals surface area contributed by atoms with E-state index in [0.29, 0.717) is 12.1 Å². The van der Waals surface area contributed by atoms with Crippen molar-refractivity contribution in [2.24, 2.45) is 0 Å². The predicted molar refractivity (Wildman–Crippen MR) is 75.7 cm³/mol.